The van der Waals surface area contributed by atoms with Crippen molar-refractivity contribution in [3.05, 3.63) is 83.7 Å². The maximum atomic E-state index is 14.4. The van der Waals surface area contributed by atoms with Gasteiger partial charge in [-0.2, -0.15) is 0 Å². The summed E-state index contributed by atoms with van der Waals surface area (Å²) in [5, 5.41) is 8.46. The zero-order valence-electron chi connectivity index (χ0n) is 29.3. The van der Waals surface area contributed by atoms with Gasteiger partial charge in [0.1, 0.15) is 24.7 Å². The molecule has 49 heavy (non-hydrogen) atoms. The number of hydrogen-bond donors (Lipinski definition) is 3. The number of benzene rings is 2. The molecule has 1 saturated heterocycles. The number of amides is 6. The van der Waals surface area contributed by atoms with Gasteiger partial charge in [0.15, 0.2) is 5.76 Å². The third-order valence-corrected chi connectivity index (χ3v) is 8.55. The second-order valence-electron chi connectivity index (χ2n) is 13.7. The molecule has 4 unspecified atom stereocenters. The monoisotopic (exact) mass is 676 g/mol. The first-order valence-electron chi connectivity index (χ1n) is 16.5. The zero-order valence-corrected chi connectivity index (χ0v) is 29.3. The van der Waals surface area contributed by atoms with Gasteiger partial charge in [-0.3, -0.25) is 19.4 Å². The lowest BCUT2D eigenvalue weighted by atomic mass is 9.85. The van der Waals surface area contributed by atoms with E-state index in [4.69, 9.17) is 9.47 Å². The van der Waals surface area contributed by atoms with Gasteiger partial charge >= 0.3 is 18.2 Å². The molecular formula is C36H48N6O7. The van der Waals surface area contributed by atoms with Gasteiger partial charge in [0.25, 0.3) is 0 Å². The molecule has 0 bridgehead atoms. The van der Waals surface area contributed by atoms with Crippen LogP contribution in [0.15, 0.2) is 72.6 Å². The highest BCUT2D eigenvalue weighted by molar-refractivity contribution is 5.92. The van der Waals surface area contributed by atoms with Crippen LogP contribution >= 0.6 is 0 Å². The van der Waals surface area contributed by atoms with E-state index in [0.29, 0.717) is 6.42 Å². The third-order valence-electron chi connectivity index (χ3n) is 8.55. The van der Waals surface area contributed by atoms with E-state index in [0.717, 1.165) is 11.1 Å². The Balaban J connectivity index is 1.49. The zero-order chi connectivity index (χ0) is 35.9. The number of urea groups is 1. The maximum Gasteiger partial charge on any atom is 0.412 e. The fourth-order valence-corrected chi connectivity index (χ4v) is 5.73. The fourth-order valence-electron chi connectivity index (χ4n) is 5.73. The van der Waals surface area contributed by atoms with Gasteiger partial charge in [-0.05, 0) is 43.7 Å². The van der Waals surface area contributed by atoms with Crippen LogP contribution < -0.4 is 16.0 Å². The number of rotatable bonds is 10. The summed E-state index contributed by atoms with van der Waals surface area (Å²) in [6.07, 6.45) is 0.484. The minimum Gasteiger partial charge on any atom is -0.445 e. The molecule has 0 saturated carbocycles. The van der Waals surface area contributed by atoms with Gasteiger partial charge in [-0.25, -0.2) is 14.4 Å². The summed E-state index contributed by atoms with van der Waals surface area (Å²) in [5.74, 6) is -0.798. The highest BCUT2D eigenvalue weighted by Crippen LogP contribution is 2.37. The molecule has 0 radical (unpaired) electrons. The molecule has 2 aliphatic heterocycles. The van der Waals surface area contributed by atoms with Gasteiger partial charge < -0.3 is 30.3 Å². The molecule has 4 rings (SSSR count). The topological polar surface area (TPSA) is 150 Å². The van der Waals surface area contributed by atoms with Crippen molar-refractivity contribution < 1.29 is 33.4 Å². The lowest BCUT2D eigenvalue weighted by molar-refractivity contribution is -0.141. The number of likely N-dealkylation sites (tertiary alicyclic amines) is 1. The van der Waals surface area contributed by atoms with Crippen molar-refractivity contribution in [2.24, 2.45) is 5.41 Å². The molecule has 13 nitrogen and oxygen atoms in total. The van der Waals surface area contributed by atoms with Crippen molar-refractivity contribution in [1.29, 1.82) is 0 Å². The molecule has 3 N–H and O–H groups in total. The Morgan fingerprint density at radius 1 is 0.918 bits per heavy atom. The first-order chi connectivity index (χ1) is 23.2. The van der Waals surface area contributed by atoms with Gasteiger partial charge in [0.05, 0.1) is 6.04 Å². The number of likely N-dealkylation sites (N-methyl/N-ethyl adjacent to an activating group) is 1. The summed E-state index contributed by atoms with van der Waals surface area (Å²) in [4.78, 5) is 71.0. The predicted octanol–water partition coefficient (Wildman–Crippen LogP) is 4.35. The number of alkyl carbamates (subject to hydrolysis) is 1. The Bertz CT molecular complexity index is 1530. The summed E-state index contributed by atoms with van der Waals surface area (Å²) < 4.78 is 11.2. The van der Waals surface area contributed by atoms with Crippen LogP contribution in [0, 0.1) is 5.41 Å². The van der Waals surface area contributed by atoms with Crippen molar-refractivity contribution >= 4 is 30.0 Å². The third kappa shape index (κ3) is 9.30. The van der Waals surface area contributed by atoms with E-state index in [1.54, 1.807) is 11.8 Å². The summed E-state index contributed by atoms with van der Waals surface area (Å²) >= 11 is 0. The fraction of sp³-hybridized carbons (Fsp3) is 0.472. The van der Waals surface area contributed by atoms with E-state index in [-0.39, 0.29) is 37.5 Å². The van der Waals surface area contributed by atoms with Crippen LogP contribution in [0.4, 0.5) is 14.4 Å². The van der Waals surface area contributed by atoms with Crippen molar-refractivity contribution in [2.75, 3.05) is 13.6 Å². The highest BCUT2D eigenvalue weighted by atomic mass is 16.6. The van der Waals surface area contributed by atoms with Gasteiger partial charge in [0.2, 0.25) is 11.8 Å². The maximum absolute atomic E-state index is 14.4. The molecule has 2 aromatic carbocycles. The van der Waals surface area contributed by atoms with Crippen molar-refractivity contribution in [3.8, 4) is 0 Å². The SMILES string of the molecule is CC(C)NC(=O)N1C=C(OC(=O)NCc2ccccc2)C2C1CCN2C(=O)C(NC(=O)C(C)N(C)C(=O)OCc1ccccc1)C(C)(C)C. The number of nitrogens with one attached hydrogen (secondary N) is 3. The van der Waals surface area contributed by atoms with Crippen molar-refractivity contribution in [1.82, 2.24) is 30.7 Å². The lowest BCUT2D eigenvalue weighted by Gasteiger charge is -2.37. The first-order valence-corrected chi connectivity index (χ1v) is 16.5. The second-order valence-corrected chi connectivity index (χ2v) is 13.7. The van der Waals surface area contributed by atoms with Gasteiger partial charge in [0, 0.05) is 32.4 Å². The van der Waals surface area contributed by atoms with Crippen LogP contribution in [0.5, 0.6) is 0 Å². The molecule has 0 aromatic heterocycles. The van der Waals surface area contributed by atoms with E-state index >= 15 is 0 Å². The normalized spacial score (nSPS) is 18.2. The summed E-state index contributed by atoms with van der Waals surface area (Å²) in [5.41, 5.74) is 0.936. The van der Waals surface area contributed by atoms with Gasteiger partial charge in [-0.15, -0.1) is 0 Å². The van der Waals surface area contributed by atoms with Crippen LogP contribution in [0.25, 0.3) is 0 Å². The molecule has 6 amide bonds. The second kappa shape index (κ2) is 15.9. The van der Waals surface area contributed by atoms with Crippen molar-refractivity contribution in [3.63, 3.8) is 0 Å². The molecule has 0 aliphatic carbocycles. The highest BCUT2D eigenvalue weighted by Gasteiger charge is 2.52. The molecule has 4 atom stereocenters. The Morgan fingerprint density at radius 3 is 2.12 bits per heavy atom. The van der Waals surface area contributed by atoms with E-state index in [1.165, 1.54) is 23.0 Å². The Kier molecular flexibility index (Phi) is 11.9. The van der Waals surface area contributed by atoms with E-state index in [2.05, 4.69) is 16.0 Å². The summed E-state index contributed by atoms with van der Waals surface area (Å²) in [6.45, 7) is 11.3. The largest absolute Gasteiger partial charge is 0.445 e. The molecule has 13 heteroatoms. The lowest BCUT2D eigenvalue weighted by Crippen LogP contribution is -2.59. The van der Waals surface area contributed by atoms with Gasteiger partial charge in [-0.1, -0.05) is 81.4 Å². The molecule has 1 fully saturated rings. The summed E-state index contributed by atoms with van der Waals surface area (Å²) in [6, 6.07) is 14.8. The number of carbonyl (C=O) groups is 5. The van der Waals surface area contributed by atoms with E-state index < -0.39 is 53.6 Å². The average molecular weight is 677 g/mol. The van der Waals surface area contributed by atoms with Crippen LogP contribution in [-0.2, 0) is 32.2 Å². The number of carbonyl (C=O) groups excluding carboxylic acids is 5. The first kappa shape index (κ1) is 36.8. The molecule has 2 heterocycles. The predicted molar refractivity (Wildman–Crippen MR) is 182 cm³/mol. The average Bonchev–Trinajstić information content (AvgIpc) is 3.65. The quantitative estimate of drug-likeness (QED) is 0.339. The van der Waals surface area contributed by atoms with Crippen LogP contribution in [0.3, 0.4) is 0 Å². The molecule has 0 spiro atoms. The molecule has 264 valence electrons. The Hall–Kier alpha value is -5.07. The molecular weight excluding hydrogens is 628 g/mol. The minimum absolute atomic E-state index is 0.0490. The van der Waals surface area contributed by atoms with E-state index in [1.807, 2.05) is 95.3 Å². The van der Waals surface area contributed by atoms with E-state index in [9.17, 15) is 24.0 Å². The number of nitrogens with zero attached hydrogens (tertiary/aromatic N) is 3. The summed E-state index contributed by atoms with van der Waals surface area (Å²) in [7, 11) is 1.46. The Morgan fingerprint density at radius 2 is 1.53 bits per heavy atom. The Labute approximate surface area is 288 Å². The minimum atomic E-state index is -1.01. The van der Waals surface area contributed by atoms with Crippen LogP contribution in [0.1, 0.15) is 59.1 Å². The molecule has 2 aliphatic rings. The number of fused-ring (bicyclic) bond motifs is 1. The standard InChI is InChI=1S/C36H48N6O7/c1-23(2)38-33(45)42-21-28(49-34(46)37-20-25-14-10-8-11-15-25)29-27(42)18-19-41(29)32(44)30(36(4,5)6)39-31(43)24(3)40(7)35(47)48-22-26-16-12-9-13-17-26/h8-17,21,23-24,27,29-30H,18-20,22H2,1-7H3,(H,37,46)(H,38,45)(H,39,43). The van der Waals surface area contributed by atoms with Crippen LogP contribution in [-0.4, -0.2) is 88.5 Å². The molecule has 2 aromatic rings. The smallest absolute Gasteiger partial charge is 0.412 e. The number of hydrogen-bond acceptors (Lipinski definition) is 7. The van der Waals surface area contributed by atoms with Crippen LogP contribution in [0.2, 0.25) is 0 Å². The van der Waals surface area contributed by atoms with Crippen molar-refractivity contribution in [2.45, 2.75) is 91.3 Å². The number of ether oxygens (including phenoxy) is 2.